The molecule has 4 rings (SSSR count). The molecule has 0 aliphatic carbocycles. The van der Waals surface area contributed by atoms with Crippen LogP contribution in [0.15, 0.2) is 83.2 Å². The molecule has 0 unspecified atom stereocenters. The van der Waals surface area contributed by atoms with Crippen LogP contribution < -0.4 is 4.72 Å². The van der Waals surface area contributed by atoms with Crippen LogP contribution in [0.4, 0.5) is 4.39 Å². The molecule has 0 radical (unpaired) electrons. The summed E-state index contributed by atoms with van der Waals surface area (Å²) in [4.78, 5) is 0.945. The van der Waals surface area contributed by atoms with Gasteiger partial charge in [0.2, 0.25) is 10.0 Å². The van der Waals surface area contributed by atoms with Gasteiger partial charge in [-0.25, -0.2) is 17.5 Å². The molecule has 0 aliphatic rings. The summed E-state index contributed by atoms with van der Waals surface area (Å²) in [6.07, 6.45) is 2.04. The first-order chi connectivity index (χ1) is 14.5. The van der Waals surface area contributed by atoms with Gasteiger partial charge in [0.1, 0.15) is 16.4 Å². The van der Waals surface area contributed by atoms with E-state index in [9.17, 15) is 12.8 Å². The Morgan fingerprint density at radius 2 is 1.73 bits per heavy atom. The van der Waals surface area contributed by atoms with Gasteiger partial charge < -0.3 is 0 Å². The van der Waals surface area contributed by atoms with E-state index in [0.717, 1.165) is 16.0 Å². The molecule has 0 atom stereocenters. The van der Waals surface area contributed by atoms with Crippen molar-refractivity contribution in [1.82, 2.24) is 14.5 Å². The maximum atomic E-state index is 13.0. The van der Waals surface area contributed by atoms with Gasteiger partial charge in [-0.2, -0.15) is 5.10 Å². The van der Waals surface area contributed by atoms with Crippen molar-refractivity contribution >= 4 is 21.4 Å². The van der Waals surface area contributed by atoms with Crippen LogP contribution in [0, 0.1) is 5.82 Å². The Morgan fingerprint density at radius 1 is 0.967 bits per heavy atom. The van der Waals surface area contributed by atoms with Crippen molar-refractivity contribution in [2.75, 3.05) is 6.54 Å². The van der Waals surface area contributed by atoms with Crippen LogP contribution in [-0.4, -0.2) is 24.7 Å². The van der Waals surface area contributed by atoms with Gasteiger partial charge in [-0.3, -0.25) is 4.68 Å². The largest absolute Gasteiger partial charge is 0.266 e. The van der Waals surface area contributed by atoms with Crippen LogP contribution in [-0.2, 0) is 23.0 Å². The fourth-order valence-corrected chi connectivity index (χ4v) is 5.07. The van der Waals surface area contributed by atoms with E-state index in [2.05, 4.69) is 9.82 Å². The Hall–Kier alpha value is -2.81. The molecule has 154 valence electrons. The SMILES string of the molecule is O=S(=O)(NCCc1ccc(F)cc1)c1cn(Cc2ccccc2)nc1-c1cccs1. The molecule has 2 heterocycles. The summed E-state index contributed by atoms with van der Waals surface area (Å²) in [5, 5.41) is 6.45. The minimum atomic E-state index is -3.77. The average molecular weight is 442 g/mol. The number of benzene rings is 2. The van der Waals surface area contributed by atoms with Crippen LogP contribution in [0.3, 0.4) is 0 Å². The first kappa shape index (κ1) is 20.5. The molecule has 2 aromatic carbocycles. The summed E-state index contributed by atoms with van der Waals surface area (Å²) in [5.74, 6) is -0.314. The third-order valence-corrected chi connectivity index (χ3v) is 6.92. The van der Waals surface area contributed by atoms with Gasteiger partial charge in [0, 0.05) is 12.7 Å². The van der Waals surface area contributed by atoms with E-state index in [1.807, 2.05) is 47.8 Å². The predicted octanol–water partition coefficient (Wildman–Crippen LogP) is 4.32. The highest BCUT2D eigenvalue weighted by molar-refractivity contribution is 7.89. The van der Waals surface area contributed by atoms with Crippen molar-refractivity contribution in [2.24, 2.45) is 0 Å². The monoisotopic (exact) mass is 441 g/mol. The molecule has 1 N–H and O–H groups in total. The molecule has 0 spiro atoms. The molecule has 4 aromatic rings. The molecule has 5 nitrogen and oxygen atoms in total. The predicted molar refractivity (Wildman–Crippen MR) is 116 cm³/mol. The first-order valence-electron chi connectivity index (χ1n) is 9.41. The molecular formula is C22H20FN3O2S2. The number of sulfonamides is 1. The number of nitrogens with zero attached hydrogens (tertiary/aromatic N) is 2. The van der Waals surface area contributed by atoms with E-state index >= 15 is 0 Å². The maximum absolute atomic E-state index is 13.0. The number of thiophene rings is 1. The molecular weight excluding hydrogens is 421 g/mol. The minimum Gasteiger partial charge on any atom is -0.266 e. The average Bonchev–Trinajstić information content (AvgIpc) is 3.40. The number of rotatable bonds is 8. The number of aromatic nitrogens is 2. The van der Waals surface area contributed by atoms with Crippen molar-refractivity contribution in [1.29, 1.82) is 0 Å². The fraction of sp³-hybridized carbons (Fsp3) is 0.136. The zero-order chi connectivity index (χ0) is 21.0. The molecule has 0 aliphatic heterocycles. The van der Waals surface area contributed by atoms with Gasteiger partial charge in [0.05, 0.1) is 11.4 Å². The van der Waals surface area contributed by atoms with Crippen molar-refractivity contribution in [3.05, 3.63) is 95.3 Å². The number of nitrogens with one attached hydrogen (secondary N) is 1. The Balaban J connectivity index is 1.56. The van der Waals surface area contributed by atoms with Crippen molar-refractivity contribution in [3.8, 4) is 10.6 Å². The quantitative estimate of drug-likeness (QED) is 0.443. The van der Waals surface area contributed by atoms with E-state index in [4.69, 9.17) is 0 Å². The van der Waals surface area contributed by atoms with Crippen LogP contribution in [0.1, 0.15) is 11.1 Å². The Kier molecular flexibility index (Phi) is 6.08. The zero-order valence-corrected chi connectivity index (χ0v) is 17.7. The lowest BCUT2D eigenvalue weighted by Crippen LogP contribution is -2.26. The number of halogens is 1. The van der Waals surface area contributed by atoms with Gasteiger partial charge >= 0.3 is 0 Å². The molecule has 0 amide bonds. The van der Waals surface area contributed by atoms with Gasteiger partial charge in [-0.1, -0.05) is 48.5 Å². The Bertz CT molecular complexity index is 1200. The summed E-state index contributed by atoms with van der Waals surface area (Å²) in [6.45, 7) is 0.687. The van der Waals surface area contributed by atoms with E-state index in [1.165, 1.54) is 23.5 Å². The van der Waals surface area contributed by atoms with Crippen LogP contribution in [0.2, 0.25) is 0 Å². The molecule has 2 aromatic heterocycles. The van der Waals surface area contributed by atoms with Gasteiger partial charge in [0.25, 0.3) is 0 Å². The Labute approximate surface area is 178 Å². The van der Waals surface area contributed by atoms with Gasteiger partial charge in [-0.05, 0) is 41.1 Å². The summed E-state index contributed by atoms with van der Waals surface area (Å²) in [6, 6.07) is 19.5. The second kappa shape index (κ2) is 8.91. The third kappa shape index (κ3) is 4.84. The fourth-order valence-electron chi connectivity index (χ4n) is 3.09. The normalized spacial score (nSPS) is 11.6. The molecule has 0 fully saturated rings. The highest BCUT2D eigenvalue weighted by Crippen LogP contribution is 2.29. The summed E-state index contributed by atoms with van der Waals surface area (Å²) >= 11 is 1.44. The molecule has 0 saturated carbocycles. The van der Waals surface area contributed by atoms with E-state index in [1.54, 1.807) is 23.0 Å². The highest BCUT2D eigenvalue weighted by Gasteiger charge is 2.24. The van der Waals surface area contributed by atoms with Crippen LogP contribution in [0.25, 0.3) is 10.6 Å². The van der Waals surface area contributed by atoms with E-state index in [-0.39, 0.29) is 17.3 Å². The molecule has 8 heteroatoms. The summed E-state index contributed by atoms with van der Waals surface area (Å²) in [5.41, 5.74) is 2.33. The zero-order valence-electron chi connectivity index (χ0n) is 16.0. The van der Waals surface area contributed by atoms with Crippen LogP contribution >= 0.6 is 11.3 Å². The second-order valence-electron chi connectivity index (χ2n) is 6.78. The maximum Gasteiger partial charge on any atom is 0.244 e. The van der Waals surface area contributed by atoms with Crippen LogP contribution in [0.5, 0.6) is 0 Å². The van der Waals surface area contributed by atoms with E-state index in [0.29, 0.717) is 18.7 Å². The lowest BCUT2D eigenvalue weighted by molar-refractivity contribution is 0.581. The second-order valence-corrected chi connectivity index (χ2v) is 9.46. The lowest BCUT2D eigenvalue weighted by Gasteiger charge is -2.06. The lowest BCUT2D eigenvalue weighted by atomic mass is 10.1. The third-order valence-electron chi connectivity index (χ3n) is 4.58. The summed E-state index contributed by atoms with van der Waals surface area (Å²) < 4.78 is 43.4. The number of hydrogen-bond acceptors (Lipinski definition) is 4. The first-order valence-corrected chi connectivity index (χ1v) is 11.8. The van der Waals surface area contributed by atoms with Crippen molar-refractivity contribution < 1.29 is 12.8 Å². The number of hydrogen-bond donors (Lipinski definition) is 1. The Morgan fingerprint density at radius 3 is 2.43 bits per heavy atom. The van der Waals surface area contributed by atoms with Crippen molar-refractivity contribution in [2.45, 2.75) is 17.9 Å². The molecule has 30 heavy (non-hydrogen) atoms. The minimum absolute atomic E-state index is 0.153. The standard InChI is InChI=1S/C22H20FN3O2S2/c23-19-10-8-17(9-11-19)12-13-24-30(27,28)21-16-26(15-18-5-2-1-3-6-18)25-22(21)20-7-4-14-29-20/h1-11,14,16,24H,12-13,15H2. The highest BCUT2D eigenvalue weighted by atomic mass is 32.2. The summed E-state index contributed by atoms with van der Waals surface area (Å²) in [7, 11) is -3.77. The van der Waals surface area contributed by atoms with Gasteiger partial charge in [-0.15, -0.1) is 11.3 Å². The smallest absolute Gasteiger partial charge is 0.244 e. The topological polar surface area (TPSA) is 64.0 Å². The van der Waals surface area contributed by atoms with Crippen molar-refractivity contribution in [3.63, 3.8) is 0 Å². The molecule has 0 bridgehead atoms. The van der Waals surface area contributed by atoms with E-state index < -0.39 is 10.0 Å². The molecule has 0 saturated heterocycles. The van der Waals surface area contributed by atoms with Gasteiger partial charge in [0.15, 0.2) is 0 Å².